The van der Waals surface area contributed by atoms with Gasteiger partial charge in [0.25, 0.3) is 0 Å². The van der Waals surface area contributed by atoms with Crippen molar-refractivity contribution >= 4 is 22.8 Å². The number of nitrogen functional groups attached to an aromatic ring is 1. The zero-order chi connectivity index (χ0) is 28.3. The second kappa shape index (κ2) is 11.7. The molecule has 6 rings (SSSR count). The molecule has 1 saturated carbocycles. The van der Waals surface area contributed by atoms with Crippen molar-refractivity contribution in [1.29, 1.82) is 0 Å². The molecule has 9 heteroatoms. The van der Waals surface area contributed by atoms with Crippen molar-refractivity contribution in [2.75, 3.05) is 25.4 Å². The van der Waals surface area contributed by atoms with E-state index in [1.54, 1.807) is 6.08 Å². The van der Waals surface area contributed by atoms with Crippen LogP contribution in [0, 0.1) is 0 Å². The van der Waals surface area contributed by atoms with Crippen molar-refractivity contribution < 1.29 is 9.53 Å². The molecule has 9 nitrogen and oxygen atoms in total. The van der Waals surface area contributed by atoms with Crippen molar-refractivity contribution in [2.24, 2.45) is 0 Å². The maximum Gasteiger partial charge on any atom is 0.246 e. The number of piperidine rings is 1. The molecule has 2 aromatic heterocycles. The first kappa shape index (κ1) is 27.0. The SMILES string of the molecule is CC(C)N(C/C=C/C(=O)N1CCC[C@@H](n2nc(-c3ccc(Oc4ccccc4)cc3)c3c(N)ncnc32)C1)C1CC1. The summed E-state index contributed by atoms with van der Waals surface area (Å²) in [6.07, 6.45) is 9.55. The van der Waals surface area contributed by atoms with E-state index in [1.807, 2.05) is 70.3 Å². The van der Waals surface area contributed by atoms with Crippen LogP contribution in [-0.2, 0) is 4.79 Å². The molecule has 2 fully saturated rings. The van der Waals surface area contributed by atoms with E-state index in [2.05, 4.69) is 28.7 Å². The van der Waals surface area contributed by atoms with Gasteiger partial charge in [0.2, 0.25) is 5.91 Å². The number of anilines is 1. The van der Waals surface area contributed by atoms with Crippen molar-refractivity contribution in [3.8, 4) is 22.8 Å². The average molecular weight is 552 g/mol. The minimum Gasteiger partial charge on any atom is -0.457 e. The van der Waals surface area contributed by atoms with E-state index in [1.165, 1.54) is 19.2 Å². The van der Waals surface area contributed by atoms with Crippen LogP contribution in [0.1, 0.15) is 45.6 Å². The highest BCUT2D eigenvalue weighted by Crippen LogP contribution is 2.35. The van der Waals surface area contributed by atoms with Gasteiger partial charge in [0.1, 0.15) is 29.3 Å². The van der Waals surface area contributed by atoms with Gasteiger partial charge in [-0.25, -0.2) is 14.6 Å². The molecule has 4 aromatic rings. The van der Waals surface area contributed by atoms with Crippen molar-refractivity contribution in [3.63, 3.8) is 0 Å². The van der Waals surface area contributed by atoms with Crippen LogP contribution < -0.4 is 10.5 Å². The third-order valence-electron chi connectivity index (χ3n) is 7.93. The summed E-state index contributed by atoms with van der Waals surface area (Å²) >= 11 is 0. The summed E-state index contributed by atoms with van der Waals surface area (Å²) in [6, 6.07) is 18.6. The number of likely N-dealkylation sites (tertiary alicyclic amines) is 1. The second-order valence-corrected chi connectivity index (χ2v) is 11.2. The van der Waals surface area contributed by atoms with Crippen LogP contribution in [0.5, 0.6) is 11.5 Å². The van der Waals surface area contributed by atoms with Gasteiger partial charge < -0.3 is 15.4 Å². The van der Waals surface area contributed by atoms with Crippen LogP contribution in [0.3, 0.4) is 0 Å². The van der Waals surface area contributed by atoms with Crippen LogP contribution in [0.15, 0.2) is 73.1 Å². The van der Waals surface area contributed by atoms with Gasteiger partial charge in [0.15, 0.2) is 5.65 Å². The molecule has 0 unspecified atom stereocenters. The molecule has 3 heterocycles. The van der Waals surface area contributed by atoms with E-state index >= 15 is 0 Å². The molecule has 1 amide bonds. The number of nitrogens with two attached hydrogens (primary N) is 1. The Bertz CT molecular complexity index is 1530. The Morgan fingerprint density at radius 2 is 1.83 bits per heavy atom. The highest BCUT2D eigenvalue weighted by molar-refractivity contribution is 5.98. The first-order chi connectivity index (χ1) is 20.0. The summed E-state index contributed by atoms with van der Waals surface area (Å²) < 4.78 is 7.90. The first-order valence-electron chi connectivity index (χ1n) is 14.5. The lowest BCUT2D eigenvalue weighted by Gasteiger charge is -2.32. The Hall–Kier alpha value is -4.24. The van der Waals surface area contributed by atoms with Gasteiger partial charge in [0.05, 0.1) is 11.4 Å². The molecular weight excluding hydrogens is 514 g/mol. The molecule has 1 aliphatic heterocycles. The van der Waals surface area contributed by atoms with Crippen LogP contribution in [0.25, 0.3) is 22.3 Å². The van der Waals surface area contributed by atoms with Crippen LogP contribution in [0.2, 0.25) is 0 Å². The number of carbonyl (C=O) groups is 1. The summed E-state index contributed by atoms with van der Waals surface area (Å²) in [5.41, 5.74) is 8.67. The van der Waals surface area contributed by atoms with Crippen LogP contribution >= 0.6 is 0 Å². The standard InChI is InChI=1S/C32H37N7O2/c1-22(2)38(24-14-15-24)19-7-11-28(40)37-18-6-8-25(20-37)39-32-29(31(33)34-21-35-32)30(36-39)23-12-16-27(17-13-23)41-26-9-4-3-5-10-26/h3-5,7,9-13,16-17,21-22,24-25H,6,8,14-15,18-20H2,1-2H3,(H2,33,34,35)/b11-7+/t25-/m1/s1. The van der Waals surface area contributed by atoms with E-state index in [-0.39, 0.29) is 11.9 Å². The first-order valence-corrected chi connectivity index (χ1v) is 14.5. The van der Waals surface area contributed by atoms with Crippen LogP contribution in [0.4, 0.5) is 5.82 Å². The van der Waals surface area contributed by atoms with Gasteiger partial charge in [-0.05, 0) is 75.9 Å². The lowest BCUT2D eigenvalue weighted by atomic mass is 10.1. The predicted octanol–water partition coefficient (Wildman–Crippen LogP) is 5.46. The normalized spacial score (nSPS) is 17.7. The number of hydrogen-bond acceptors (Lipinski definition) is 7. The summed E-state index contributed by atoms with van der Waals surface area (Å²) in [4.78, 5) is 26.4. The topological polar surface area (TPSA) is 102 Å². The largest absolute Gasteiger partial charge is 0.457 e. The monoisotopic (exact) mass is 551 g/mol. The molecule has 2 aromatic carbocycles. The number of nitrogens with zero attached hydrogens (tertiary/aromatic N) is 6. The third-order valence-corrected chi connectivity index (χ3v) is 7.93. The molecule has 0 bridgehead atoms. The Kier molecular flexibility index (Phi) is 7.69. The molecule has 1 saturated heterocycles. The summed E-state index contributed by atoms with van der Waals surface area (Å²) in [5, 5.41) is 5.74. The molecule has 0 radical (unpaired) electrons. The third kappa shape index (κ3) is 5.95. The number of aromatic nitrogens is 4. The molecule has 212 valence electrons. The number of amides is 1. The van der Waals surface area contributed by atoms with Gasteiger partial charge in [-0.2, -0.15) is 5.10 Å². The van der Waals surface area contributed by atoms with Gasteiger partial charge in [-0.1, -0.05) is 24.3 Å². The molecular formula is C32H37N7O2. The van der Waals surface area contributed by atoms with E-state index in [9.17, 15) is 4.79 Å². The number of ether oxygens (including phenoxy) is 1. The molecule has 0 spiro atoms. The maximum atomic E-state index is 13.2. The number of benzene rings is 2. The minimum atomic E-state index is -0.00837. The summed E-state index contributed by atoms with van der Waals surface area (Å²) in [7, 11) is 0. The Balaban J connectivity index is 1.21. The quantitative estimate of drug-likeness (QED) is 0.276. The highest BCUT2D eigenvalue weighted by atomic mass is 16.5. The fraction of sp³-hybridized carbons (Fsp3) is 0.375. The lowest BCUT2D eigenvalue weighted by molar-refractivity contribution is -0.127. The smallest absolute Gasteiger partial charge is 0.246 e. The number of para-hydroxylation sites is 1. The van der Waals surface area contributed by atoms with E-state index in [0.717, 1.165) is 54.1 Å². The molecule has 41 heavy (non-hydrogen) atoms. The fourth-order valence-corrected chi connectivity index (χ4v) is 5.68. The van der Waals surface area contributed by atoms with Gasteiger partial charge in [-0.15, -0.1) is 0 Å². The van der Waals surface area contributed by atoms with E-state index in [0.29, 0.717) is 30.1 Å². The summed E-state index contributed by atoms with van der Waals surface area (Å²) in [5.74, 6) is 1.95. The van der Waals surface area contributed by atoms with Crippen molar-refractivity contribution in [2.45, 2.75) is 57.7 Å². The Morgan fingerprint density at radius 1 is 1.07 bits per heavy atom. The number of carbonyl (C=O) groups excluding carboxylic acids is 1. The Morgan fingerprint density at radius 3 is 2.56 bits per heavy atom. The second-order valence-electron chi connectivity index (χ2n) is 11.2. The Labute approximate surface area is 240 Å². The summed E-state index contributed by atoms with van der Waals surface area (Å²) in [6.45, 7) is 6.56. The zero-order valence-electron chi connectivity index (χ0n) is 23.7. The average Bonchev–Trinajstić information content (AvgIpc) is 3.75. The van der Waals surface area contributed by atoms with E-state index < -0.39 is 0 Å². The maximum absolute atomic E-state index is 13.2. The van der Waals surface area contributed by atoms with Gasteiger partial charge in [0, 0.05) is 43.4 Å². The van der Waals surface area contributed by atoms with Crippen LogP contribution in [-0.4, -0.2) is 67.2 Å². The molecule has 2 aliphatic rings. The highest BCUT2D eigenvalue weighted by Gasteiger charge is 2.30. The lowest BCUT2D eigenvalue weighted by Crippen LogP contribution is -2.40. The predicted molar refractivity (Wildman–Crippen MR) is 161 cm³/mol. The van der Waals surface area contributed by atoms with Crippen molar-refractivity contribution in [3.05, 3.63) is 73.1 Å². The molecule has 1 aliphatic carbocycles. The fourth-order valence-electron chi connectivity index (χ4n) is 5.68. The zero-order valence-corrected chi connectivity index (χ0v) is 23.7. The van der Waals surface area contributed by atoms with Crippen molar-refractivity contribution in [1.82, 2.24) is 29.5 Å². The molecule has 2 N–H and O–H groups in total. The number of hydrogen-bond donors (Lipinski definition) is 1. The molecule has 1 atom stereocenters. The van der Waals surface area contributed by atoms with E-state index in [4.69, 9.17) is 15.6 Å². The van der Waals surface area contributed by atoms with Gasteiger partial charge in [-0.3, -0.25) is 9.69 Å². The van der Waals surface area contributed by atoms with Gasteiger partial charge >= 0.3 is 0 Å². The number of rotatable bonds is 9. The number of fused-ring (bicyclic) bond motifs is 1. The minimum absolute atomic E-state index is 0.00837.